The van der Waals surface area contributed by atoms with Crippen molar-refractivity contribution in [3.8, 4) is 16.5 Å². The minimum Gasteiger partial charge on any atom is -0.506 e. The molecule has 0 radical (unpaired) electrons. The van der Waals surface area contributed by atoms with Crippen molar-refractivity contribution < 1.29 is 9.90 Å². The fourth-order valence-electron chi connectivity index (χ4n) is 2.76. The maximum Gasteiger partial charge on any atom is 0.253 e. The van der Waals surface area contributed by atoms with Gasteiger partial charge in [-0.3, -0.25) is 4.79 Å². The number of hydrogen-bond donors (Lipinski definition) is 5. The second-order valence-electron chi connectivity index (χ2n) is 6.08. The van der Waals surface area contributed by atoms with Gasteiger partial charge in [0.15, 0.2) is 0 Å². The van der Waals surface area contributed by atoms with Crippen LogP contribution < -0.4 is 16.4 Å². The molecule has 6 N–H and O–H groups in total. The number of fused-ring (bicyclic) bond motifs is 1. The van der Waals surface area contributed by atoms with Gasteiger partial charge in [0.2, 0.25) is 0 Å². The van der Waals surface area contributed by atoms with E-state index in [-0.39, 0.29) is 24.1 Å². The number of H-pyrrole nitrogens is 1. The molecular formula is C19H19ClN6O2S. The van der Waals surface area contributed by atoms with E-state index in [4.69, 9.17) is 5.73 Å². The van der Waals surface area contributed by atoms with Crippen LogP contribution in [0.5, 0.6) is 5.75 Å². The Morgan fingerprint density at radius 3 is 2.79 bits per heavy atom. The number of nitrogens with one attached hydrogen (secondary N) is 3. The Morgan fingerprint density at radius 1 is 1.21 bits per heavy atom. The number of carbonyl (C=O) groups is 1. The number of benzene rings is 1. The maximum absolute atomic E-state index is 12.6. The molecular weight excluding hydrogens is 412 g/mol. The number of phenols is 1. The van der Waals surface area contributed by atoms with Gasteiger partial charge in [0.25, 0.3) is 5.91 Å². The lowest BCUT2D eigenvalue weighted by Crippen LogP contribution is -2.29. The molecule has 29 heavy (non-hydrogen) atoms. The Balaban J connectivity index is 0.00000240. The first-order chi connectivity index (χ1) is 13.6. The average molecular weight is 431 g/mol. The van der Waals surface area contributed by atoms with Crippen LogP contribution in [-0.2, 0) is 0 Å². The number of amides is 1. The number of halogens is 1. The first-order valence-corrected chi connectivity index (χ1v) is 9.49. The minimum absolute atomic E-state index is 0. The molecule has 0 saturated carbocycles. The van der Waals surface area contributed by atoms with Crippen molar-refractivity contribution >= 4 is 52.2 Å². The van der Waals surface area contributed by atoms with Gasteiger partial charge in [0.05, 0.1) is 22.3 Å². The number of nitrogen functional groups attached to an aromatic ring is 1. The third-order valence-electron chi connectivity index (χ3n) is 4.13. The monoisotopic (exact) mass is 430 g/mol. The lowest BCUT2D eigenvalue weighted by Gasteiger charge is -2.08. The minimum atomic E-state index is -0.263. The zero-order valence-corrected chi connectivity index (χ0v) is 16.8. The van der Waals surface area contributed by atoms with E-state index in [1.807, 2.05) is 17.5 Å². The van der Waals surface area contributed by atoms with Gasteiger partial charge < -0.3 is 26.5 Å². The van der Waals surface area contributed by atoms with Crippen LogP contribution in [0.2, 0.25) is 0 Å². The molecule has 3 aromatic heterocycles. The number of hydrogen-bond acceptors (Lipinski definition) is 7. The van der Waals surface area contributed by atoms with Crippen LogP contribution in [0.1, 0.15) is 10.4 Å². The molecule has 0 unspecified atom stereocenters. The van der Waals surface area contributed by atoms with Gasteiger partial charge in [-0.05, 0) is 35.7 Å². The topological polar surface area (TPSA) is 129 Å². The molecule has 0 fully saturated rings. The lowest BCUT2D eigenvalue weighted by molar-refractivity contribution is 0.0956. The summed E-state index contributed by atoms with van der Waals surface area (Å²) >= 11 is 1.53. The highest BCUT2D eigenvalue weighted by Crippen LogP contribution is 2.30. The van der Waals surface area contributed by atoms with E-state index in [1.165, 1.54) is 17.4 Å². The fraction of sp³-hybridized carbons (Fsp3) is 0.105. The maximum atomic E-state index is 12.6. The summed E-state index contributed by atoms with van der Waals surface area (Å²) in [6.07, 6.45) is 1.57. The molecule has 0 saturated heterocycles. The van der Waals surface area contributed by atoms with E-state index in [2.05, 4.69) is 25.6 Å². The molecule has 1 aromatic carbocycles. The van der Waals surface area contributed by atoms with Gasteiger partial charge in [-0.1, -0.05) is 6.07 Å². The van der Waals surface area contributed by atoms with Crippen molar-refractivity contribution in [1.29, 1.82) is 0 Å². The highest BCUT2D eigenvalue weighted by atomic mass is 35.5. The first kappa shape index (κ1) is 20.4. The van der Waals surface area contributed by atoms with Crippen molar-refractivity contribution in [2.75, 3.05) is 24.1 Å². The van der Waals surface area contributed by atoms with E-state index in [1.54, 1.807) is 24.4 Å². The zero-order chi connectivity index (χ0) is 19.5. The molecule has 0 spiro atoms. The average Bonchev–Trinajstić information content (AvgIpc) is 3.37. The number of thiophene rings is 1. The summed E-state index contributed by atoms with van der Waals surface area (Å²) < 4.78 is 0. The highest BCUT2D eigenvalue weighted by molar-refractivity contribution is 7.13. The third kappa shape index (κ3) is 4.41. The largest absolute Gasteiger partial charge is 0.506 e. The first-order valence-electron chi connectivity index (χ1n) is 8.61. The molecule has 10 heteroatoms. The molecule has 0 bridgehead atoms. The smallest absolute Gasteiger partial charge is 0.253 e. The Morgan fingerprint density at radius 2 is 2.07 bits per heavy atom. The summed E-state index contributed by atoms with van der Waals surface area (Å²) in [5.74, 6) is 1.10. The van der Waals surface area contributed by atoms with Crippen LogP contribution in [0.4, 0.5) is 11.5 Å². The van der Waals surface area contributed by atoms with Crippen molar-refractivity contribution in [3.63, 3.8) is 0 Å². The predicted molar refractivity (Wildman–Crippen MR) is 118 cm³/mol. The molecule has 0 aliphatic rings. The zero-order valence-electron chi connectivity index (χ0n) is 15.2. The number of aromatic amines is 1. The van der Waals surface area contributed by atoms with Gasteiger partial charge in [-0.25, -0.2) is 9.97 Å². The standard InChI is InChI=1S/C19H18N6O2S.ClH/c20-11-3-6-15(23-10-11)21-7-8-22-19(27)12-4-5-13(26)17-16(12)24-18(25-17)14-2-1-9-28-14;/h1-6,9-10,26H,7-8,20H2,(H,21,23)(H,22,27)(H,24,25);1H. The molecule has 8 nitrogen and oxygen atoms in total. The molecule has 0 atom stereocenters. The van der Waals surface area contributed by atoms with Crippen molar-refractivity contribution in [2.24, 2.45) is 0 Å². The summed E-state index contributed by atoms with van der Waals surface area (Å²) in [6, 6.07) is 10.4. The normalized spacial score (nSPS) is 10.5. The SMILES string of the molecule is Cl.Nc1ccc(NCCNC(=O)c2ccc(O)c3[nH]c(-c4cccs4)nc23)nc1. The Bertz CT molecular complexity index is 1110. The summed E-state index contributed by atoms with van der Waals surface area (Å²) in [5, 5.41) is 18.0. The number of aromatic nitrogens is 3. The Kier molecular flexibility index (Phi) is 6.20. The van der Waals surface area contributed by atoms with Gasteiger partial charge >= 0.3 is 0 Å². The van der Waals surface area contributed by atoms with Crippen LogP contribution >= 0.6 is 23.7 Å². The molecule has 4 aromatic rings. The second-order valence-corrected chi connectivity index (χ2v) is 7.03. The number of aromatic hydroxyl groups is 1. The number of imidazole rings is 1. The summed E-state index contributed by atoms with van der Waals surface area (Å²) in [4.78, 5) is 25.3. The number of rotatable bonds is 6. The van der Waals surface area contributed by atoms with E-state index in [0.717, 1.165) is 4.88 Å². The molecule has 3 heterocycles. The fourth-order valence-corrected chi connectivity index (χ4v) is 3.43. The van der Waals surface area contributed by atoms with Crippen LogP contribution in [0.15, 0.2) is 48.0 Å². The summed E-state index contributed by atoms with van der Waals surface area (Å²) in [6.45, 7) is 0.903. The lowest BCUT2D eigenvalue weighted by atomic mass is 10.1. The Hall–Kier alpha value is -3.30. The number of carbonyl (C=O) groups excluding carboxylic acids is 1. The number of nitrogens with two attached hydrogens (primary N) is 1. The quantitative estimate of drug-likeness (QED) is 0.299. The Labute approximate surface area is 176 Å². The van der Waals surface area contributed by atoms with Crippen molar-refractivity contribution in [1.82, 2.24) is 20.3 Å². The van der Waals surface area contributed by atoms with Crippen LogP contribution in [0, 0.1) is 0 Å². The van der Waals surface area contributed by atoms with Gasteiger partial charge in [-0.15, -0.1) is 23.7 Å². The number of phenolic OH excluding ortho intramolecular Hbond substituents is 1. The molecule has 4 rings (SSSR count). The highest BCUT2D eigenvalue weighted by Gasteiger charge is 2.17. The van der Waals surface area contributed by atoms with Crippen molar-refractivity contribution in [2.45, 2.75) is 0 Å². The summed E-state index contributed by atoms with van der Waals surface area (Å²) in [5.41, 5.74) is 7.48. The van der Waals surface area contributed by atoms with Crippen molar-refractivity contribution in [3.05, 3.63) is 53.5 Å². The van der Waals surface area contributed by atoms with E-state index >= 15 is 0 Å². The van der Waals surface area contributed by atoms with Crippen LogP contribution in [0.3, 0.4) is 0 Å². The van der Waals surface area contributed by atoms with Gasteiger partial charge in [-0.2, -0.15) is 0 Å². The third-order valence-corrected chi connectivity index (χ3v) is 5.00. The number of anilines is 2. The number of nitrogens with zero attached hydrogens (tertiary/aromatic N) is 2. The summed E-state index contributed by atoms with van der Waals surface area (Å²) in [7, 11) is 0. The van der Waals surface area contributed by atoms with E-state index in [9.17, 15) is 9.90 Å². The number of pyridine rings is 1. The molecule has 1 amide bonds. The van der Waals surface area contributed by atoms with Crippen LogP contribution in [0.25, 0.3) is 21.7 Å². The predicted octanol–water partition coefficient (Wildman–Crippen LogP) is 3.24. The van der Waals surface area contributed by atoms with E-state index in [0.29, 0.717) is 47.0 Å². The van der Waals surface area contributed by atoms with E-state index < -0.39 is 0 Å². The van der Waals surface area contributed by atoms with Gasteiger partial charge in [0, 0.05) is 13.1 Å². The molecule has 150 valence electrons. The van der Waals surface area contributed by atoms with Crippen LogP contribution in [-0.4, -0.2) is 39.1 Å². The second kappa shape index (κ2) is 8.80. The van der Waals surface area contributed by atoms with Gasteiger partial charge in [0.1, 0.15) is 28.4 Å². The molecule has 0 aliphatic carbocycles. The molecule has 0 aliphatic heterocycles.